The fourth-order valence-electron chi connectivity index (χ4n) is 2.88. The van der Waals surface area contributed by atoms with Gasteiger partial charge in [-0.25, -0.2) is 0 Å². The molecule has 1 heterocycles. The monoisotopic (exact) mass is 279 g/mol. The van der Waals surface area contributed by atoms with E-state index in [1.54, 1.807) is 0 Å². The van der Waals surface area contributed by atoms with Crippen LogP contribution in [0.3, 0.4) is 0 Å². The summed E-state index contributed by atoms with van der Waals surface area (Å²) in [6.45, 7) is 6.68. The lowest BCUT2D eigenvalue weighted by Gasteiger charge is -2.34. The molecule has 2 aromatic carbocycles. The molecule has 2 heteroatoms. The maximum absolute atomic E-state index is 3.32. The van der Waals surface area contributed by atoms with E-state index in [2.05, 4.69) is 72.3 Å². The molecule has 0 N–H and O–H groups in total. The number of nitrogens with zero attached hydrogens (tertiary/aromatic N) is 2. The molecular weight excluding hydrogens is 256 g/mol. The lowest BCUT2D eigenvalue weighted by Crippen LogP contribution is -2.44. The number of rotatable bonds is 3. The first-order valence-corrected chi connectivity index (χ1v) is 7.70. The normalized spacial score (nSPS) is 16.2. The van der Waals surface area contributed by atoms with E-state index in [0.29, 0.717) is 0 Å². The molecule has 0 unspecified atom stereocenters. The Morgan fingerprint density at radius 1 is 1.05 bits per heavy atom. The second kappa shape index (κ2) is 6.31. The average molecular weight is 279 g/mol. The first-order chi connectivity index (χ1) is 10.2. The molecule has 21 heavy (non-hydrogen) atoms. The van der Waals surface area contributed by atoms with Crippen LogP contribution in [-0.4, -0.2) is 38.1 Å². The zero-order chi connectivity index (χ0) is 14.7. The molecule has 0 amide bonds. The van der Waals surface area contributed by atoms with Crippen LogP contribution in [0.5, 0.6) is 0 Å². The molecule has 0 bridgehead atoms. The van der Waals surface area contributed by atoms with Crippen LogP contribution in [0, 0.1) is 13.0 Å². The van der Waals surface area contributed by atoms with Gasteiger partial charge in [0.25, 0.3) is 0 Å². The summed E-state index contributed by atoms with van der Waals surface area (Å²) in [5.74, 6) is 0. The SMILES string of the molecule is Cc1ccccc1Cc1c[c]cc(N2CCN(C)CC2)c1. The topological polar surface area (TPSA) is 6.48 Å². The Balaban J connectivity index is 1.76. The molecule has 109 valence electrons. The van der Waals surface area contributed by atoms with Crippen LogP contribution in [0.2, 0.25) is 0 Å². The molecule has 3 rings (SSSR count). The molecule has 2 nitrogen and oxygen atoms in total. The van der Waals surface area contributed by atoms with E-state index < -0.39 is 0 Å². The van der Waals surface area contributed by atoms with E-state index in [4.69, 9.17) is 0 Å². The predicted molar refractivity (Wildman–Crippen MR) is 89.0 cm³/mol. The minimum atomic E-state index is 0.991. The van der Waals surface area contributed by atoms with Gasteiger partial charge in [0.05, 0.1) is 0 Å². The van der Waals surface area contributed by atoms with Gasteiger partial charge in [0, 0.05) is 31.9 Å². The number of hydrogen-bond donors (Lipinski definition) is 0. The summed E-state index contributed by atoms with van der Waals surface area (Å²) in [7, 11) is 2.19. The van der Waals surface area contributed by atoms with Crippen LogP contribution in [0.4, 0.5) is 5.69 Å². The van der Waals surface area contributed by atoms with E-state index in [1.165, 1.54) is 22.4 Å². The third-order valence-corrected chi connectivity index (χ3v) is 4.36. The summed E-state index contributed by atoms with van der Waals surface area (Å²) in [6, 6.07) is 18.5. The van der Waals surface area contributed by atoms with E-state index in [-0.39, 0.29) is 0 Å². The van der Waals surface area contributed by atoms with Gasteiger partial charge in [0.15, 0.2) is 0 Å². The smallest absolute Gasteiger partial charge is 0.0376 e. The minimum Gasteiger partial charge on any atom is -0.369 e. The molecule has 1 aliphatic heterocycles. The molecule has 1 fully saturated rings. The highest BCUT2D eigenvalue weighted by Gasteiger charge is 2.14. The highest BCUT2D eigenvalue weighted by atomic mass is 15.2. The average Bonchev–Trinajstić information content (AvgIpc) is 2.51. The Bertz CT molecular complexity index is 598. The van der Waals surface area contributed by atoms with Crippen LogP contribution in [0.15, 0.2) is 42.5 Å². The van der Waals surface area contributed by atoms with Crippen LogP contribution in [0.1, 0.15) is 16.7 Å². The van der Waals surface area contributed by atoms with Gasteiger partial charge in [-0.15, -0.1) is 0 Å². The summed E-state index contributed by atoms with van der Waals surface area (Å²) in [6.07, 6.45) is 0.991. The fourth-order valence-corrected chi connectivity index (χ4v) is 2.88. The summed E-state index contributed by atoms with van der Waals surface area (Å²) < 4.78 is 0. The maximum atomic E-state index is 3.32. The van der Waals surface area contributed by atoms with Crippen molar-refractivity contribution in [2.45, 2.75) is 13.3 Å². The highest BCUT2D eigenvalue weighted by Crippen LogP contribution is 2.20. The predicted octanol–water partition coefficient (Wildman–Crippen LogP) is 3.14. The molecule has 1 radical (unpaired) electrons. The first kappa shape index (κ1) is 14.2. The molecule has 0 atom stereocenters. The Labute approximate surface area is 128 Å². The van der Waals surface area contributed by atoms with Gasteiger partial charge in [-0.3, -0.25) is 0 Å². The van der Waals surface area contributed by atoms with Gasteiger partial charge in [-0.1, -0.05) is 30.3 Å². The summed E-state index contributed by atoms with van der Waals surface area (Å²) in [5, 5.41) is 0. The molecular formula is C19H23N2. The molecule has 0 aromatic heterocycles. The Hall–Kier alpha value is -1.80. The van der Waals surface area contributed by atoms with E-state index in [1.807, 2.05) is 0 Å². The van der Waals surface area contributed by atoms with Gasteiger partial charge in [-0.05, 0) is 55.3 Å². The van der Waals surface area contributed by atoms with Crippen molar-refractivity contribution in [3.05, 3.63) is 65.2 Å². The molecule has 0 saturated carbocycles. The Morgan fingerprint density at radius 3 is 2.57 bits per heavy atom. The Morgan fingerprint density at radius 2 is 1.81 bits per heavy atom. The van der Waals surface area contributed by atoms with Crippen molar-refractivity contribution in [2.24, 2.45) is 0 Å². The lowest BCUT2D eigenvalue weighted by molar-refractivity contribution is 0.313. The van der Waals surface area contributed by atoms with Gasteiger partial charge < -0.3 is 9.80 Å². The quantitative estimate of drug-likeness (QED) is 0.851. The van der Waals surface area contributed by atoms with Crippen molar-refractivity contribution in [3.8, 4) is 0 Å². The van der Waals surface area contributed by atoms with Gasteiger partial charge in [0.1, 0.15) is 0 Å². The molecule has 0 spiro atoms. The van der Waals surface area contributed by atoms with E-state index >= 15 is 0 Å². The van der Waals surface area contributed by atoms with E-state index in [0.717, 1.165) is 32.6 Å². The summed E-state index contributed by atoms with van der Waals surface area (Å²) >= 11 is 0. The summed E-state index contributed by atoms with van der Waals surface area (Å²) in [5.41, 5.74) is 5.43. The largest absolute Gasteiger partial charge is 0.369 e. The fraction of sp³-hybridized carbons (Fsp3) is 0.368. The maximum Gasteiger partial charge on any atom is 0.0376 e. The zero-order valence-electron chi connectivity index (χ0n) is 13.0. The number of benzene rings is 2. The van der Waals surface area contributed by atoms with Crippen LogP contribution < -0.4 is 4.90 Å². The lowest BCUT2D eigenvalue weighted by atomic mass is 10.00. The minimum absolute atomic E-state index is 0.991. The van der Waals surface area contributed by atoms with Crippen molar-refractivity contribution in [1.82, 2.24) is 4.90 Å². The zero-order valence-corrected chi connectivity index (χ0v) is 13.0. The van der Waals surface area contributed by atoms with Crippen molar-refractivity contribution in [3.63, 3.8) is 0 Å². The molecule has 2 aromatic rings. The van der Waals surface area contributed by atoms with Crippen molar-refractivity contribution >= 4 is 5.69 Å². The van der Waals surface area contributed by atoms with Crippen molar-refractivity contribution in [1.29, 1.82) is 0 Å². The highest BCUT2D eigenvalue weighted by molar-refractivity contribution is 5.49. The van der Waals surface area contributed by atoms with Crippen molar-refractivity contribution in [2.75, 3.05) is 38.1 Å². The van der Waals surface area contributed by atoms with Gasteiger partial charge in [0.2, 0.25) is 0 Å². The van der Waals surface area contributed by atoms with Crippen LogP contribution in [-0.2, 0) is 6.42 Å². The number of likely N-dealkylation sites (N-methyl/N-ethyl adjacent to an activating group) is 1. The first-order valence-electron chi connectivity index (χ1n) is 7.70. The number of anilines is 1. The molecule has 0 aliphatic carbocycles. The van der Waals surface area contributed by atoms with Gasteiger partial charge in [-0.2, -0.15) is 0 Å². The molecule has 1 saturated heterocycles. The number of hydrogen-bond acceptors (Lipinski definition) is 2. The molecule has 1 aliphatic rings. The number of aryl methyl sites for hydroxylation is 1. The number of piperazine rings is 1. The van der Waals surface area contributed by atoms with Crippen LogP contribution >= 0.6 is 0 Å². The second-order valence-electron chi connectivity index (χ2n) is 5.99. The second-order valence-corrected chi connectivity index (χ2v) is 5.99. The van der Waals surface area contributed by atoms with Crippen LogP contribution in [0.25, 0.3) is 0 Å². The third-order valence-electron chi connectivity index (χ3n) is 4.36. The van der Waals surface area contributed by atoms with Gasteiger partial charge >= 0.3 is 0 Å². The Kier molecular flexibility index (Phi) is 4.26. The van der Waals surface area contributed by atoms with Crippen molar-refractivity contribution < 1.29 is 0 Å². The van der Waals surface area contributed by atoms with E-state index in [9.17, 15) is 0 Å². The summed E-state index contributed by atoms with van der Waals surface area (Å²) in [4.78, 5) is 4.86. The third kappa shape index (κ3) is 3.45. The standard InChI is InChI=1S/C19H23N2/c1-16-6-3-4-8-18(16)14-17-7-5-9-19(15-17)21-12-10-20(2)11-13-21/h3-4,6-9,15H,10-14H2,1-2H3.